The first kappa shape index (κ1) is 18.9. The number of carbonyl (C=O) groups is 2. The Bertz CT molecular complexity index is 548. The van der Waals surface area contributed by atoms with Gasteiger partial charge < -0.3 is 14.8 Å². The molecule has 0 aliphatic carbocycles. The van der Waals surface area contributed by atoms with E-state index < -0.39 is 17.7 Å². The van der Waals surface area contributed by atoms with Crippen molar-refractivity contribution in [2.75, 3.05) is 26.1 Å². The maximum Gasteiger partial charge on any atom is 0.293 e. The maximum absolute atomic E-state index is 12.4. The Morgan fingerprint density at radius 1 is 1.26 bits per heavy atom. The lowest BCUT2D eigenvalue weighted by Gasteiger charge is -2.24. The van der Waals surface area contributed by atoms with E-state index in [1.54, 1.807) is 18.2 Å². The summed E-state index contributed by atoms with van der Waals surface area (Å²) < 4.78 is 10.3. The molecule has 1 aromatic carbocycles. The van der Waals surface area contributed by atoms with Gasteiger partial charge >= 0.3 is 0 Å². The quantitative estimate of drug-likeness (QED) is 0.407. The van der Waals surface area contributed by atoms with E-state index in [1.165, 1.54) is 19.2 Å². The van der Waals surface area contributed by atoms with Crippen LogP contribution in [0.1, 0.15) is 26.7 Å². The molecule has 7 nitrogen and oxygen atoms in total. The molecule has 0 aliphatic heterocycles. The number of nitrogens with zero attached hydrogens (tertiary/aromatic N) is 1. The van der Waals surface area contributed by atoms with Gasteiger partial charge in [0.05, 0.1) is 25.9 Å². The number of carbonyl (C=O) groups excluding carboxylic acids is 2. The average molecular weight is 323 g/mol. The third kappa shape index (κ3) is 4.94. The van der Waals surface area contributed by atoms with Crippen LogP contribution >= 0.6 is 0 Å². The smallest absolute Gasteiger partial charge is 0.293 e. The molecule has 0 spiro atoms. The third-order valence-electron chi connectivity index (χ3n) is 3.51. The van der Waals surface area contributed by atoms with Crippen LogP contribution in [-0.4, -0.2) is 43.5 Å². The number of nitrogens with two attached hydrogens (primary N) is 1. The van der Waals surface area contributed by atoms with Crippen molar-refractivity contribution in [2.24, 2.45) is 5.84 Å². The summed E-state index contributed by atoms with van der Waals surface area (Å²) in [5.74, 6) is 5.53. The average Bonchev–Trinajstić information content (AvgIpc) is 2.58. The number of amides is 1. The normalized spacial score (nSPS) is 11.9. The predicted octanol–water partition coefficient (Wildman–Crippen LogP) is 1.58. The fraction of sp³-hybridized carbons (Fsp3) is 0.500. The standard InChI is InChI=1S/C16H25N3O4/c1-5-7-13(19(17)6-2)15(20)16(21)18-12-10-11(22-3)8-9-14(12)23-4/h8-10,13H,5-7,17H2,1-4H3,(H,18,21). The number of ether oxygens (including phenoxy) is 2. The number of rotatable bonds is 9. The molecule has 1 unspecified atom stereocenters. The Morgan fingerprint density at radius 2 is 1.96 bits per heavy atom. The number of ketones is 1. The van der Waals surface area contributed by atoms with Crippen LogP contribution < -0.4 is 20.6 Å². The van der Waals surface area contributed by atoms with Crippen molar-refractivity contribution < 1.29 is 19.1 Å². The Labute approximate surface area is 136 Å². The fourth-order valence-corrected chi connectivity index (χ4v) is 2.19. The summed E-state index contributed by atoms with van der Waals surface area (Å²) in [6.45, 7) is 4.25. The Hall–Kier alpha value is -2.12. The fourth-order valence-electron chi connectivity index (χ4n) is 2.19. The van der Waals surface area contributed by atoms with E-state index in [4.69, 9.17) is 15.3 Å². The van der Waals surface area contributed by atoms with E-state index in [0.717, 1.165) is 6.42 Å². The lowest BCUT2D eigenvalue weighted by Crippen LogP contribution is -2.49. The van der Waals surface area contributed by atoms with Crippen molar-refractivity contribution in [1.82, 2.24) is 5.01 Å². The zero-order chi connectivity index (χ0) is 17.4. The molecule has 0 saturated carbocycles. The van der Waals surface area contributed by atoms with Crippen molar-refractivity contribution in [3.63, 3.8) is 0 Å². The molecule has 0 aliphatic rings. The Balaban J connectivity index is 2.95. The van der Waals surface area contributed by atoms with Crippen LogP contribution in [0.3, 0.4) is 0 Å². The summed E-state index contributed by atoms with van der Waals surface area (Å²) in [5.41, 5.74) is 0.375. The molecular weight excluding hydrogens is 298 g/mol. The van der Waals surface area contributed by atoms with Gasteiger partial charge in [-0.3, -0.25) is 15.4 Å². The van der Waals surface area contributed by atoms with Gasteiger partial charge in [0.2, 0.25) is 5.78 Å². The highest BCUT2D eigenvalue weighted by Gasteiger charge is 2.28. The SMILES string of the molecule is CCCC(C(=O)C(=O)Nc1cc(OC)ccc1OC)N(N)CC. The lowest BCUT2D eigenvalue weighted by atomic mass is 10.1. The monoisotopic (exact) mass is 323 g/mol. The minimum atomic E-state index is -0.723. The molecule has 0 radical (unpaired) electrons. The molecule has 128 valence electrons. The second-order valence-electron chi connectivity index (χ2n) is 5.02. The van der Waals surface area contributed by atoms with Gasteiger partial charge in [0.1, 0.15) is 11.5 Å². The number of hydrogen-bond acceptors (Lipinski definition) is 6. The molecule has 1 aromatic rings. The number of Topliss-reactive ketones (excluding diaryl/α,β-unsaturated/α-hetero) is 1. The predicted molar refractivity (Wildman–Crippen MR) is 88.4 cm³/mol. The molecule has 0 saturated heterocycles. The van der Waals surface area contributed by atoms with E-state index in [-0.39, 0.29) is 0 Å². The molecule has 7 heteroatoms. The summed E-state index contributed by atoms with van der Waals surface area (Å²) >= 11 is 0. The van der Waals surface area contributed by atoms with Crippen LogP contribution in [0.2, 0.25) is 0 Å². The van der Waals surface area contributed by atoms with Crippen molar-refractivity contribution >= 4 is 17.4 Å². The Morgan fingerprint density at radius 3 is 2.48 bits per heavy atom. The van der Waals surface area contributed by atoms with Gasteiger partial charge in [-0.15, -0.1) is 0 Å². The van der Waals surface area contributed by atoms with Crippen LogP contribution in [0.5, 0.6) is 11.5 Å². The maximum atomic E-state index is 12.4. The zero-order valence-corrected chi connectivity index (χ0v) is 14.1. The lowest BCUT2D eigenvalue weighted by molar-refractivity contribution is -0.138. The molecule has 0 fully saturated rings. The van der Waals surface area contributed by atoms with Crippen LogP contribution in [0.15, 0.2) is 18.2 Å². The van der Waals surface area contributed by atoms with Crippen molar-refractivity contribution in [1.29, 1.82) is 0 Å². The minimum absolute atomic E-state index is 0.375. The van der Waals surface area contributed by atoms with E-state index in [1.807, 2.05) is 13.8 Å². The molecule has 1 amide bonds. The highest BCUT2D eigenvalue weighted by atomic mass is 16.5. The molecule has 1 atom stereocenters. The van der Waals surface area contributed by atoms with Gasteiger partial charge in [-0.05, 0) is 18.6 Å². The van der Waals surface area contributed by atoms with Gasteiger partial charge in [0, 0.05) is 12.6 Å². The molecule has 23 heavy (non-hydrogen) atoms. The van der Waals surface area contributed by atoms with E-state index >= 15 is 0 Å². The van der Waals surface area contributed by atoms with Crippen molar-refractivity contribution in [3.05, 3.63) is 18.2 Å². The van der Waals surface area contributed by atoms with E-state index in [0.29, 0.717) is 30.2 Å². The molecule has 1 rings (SSSR count). The zero-order valence-electron chi connectivity index (χ0n) is 14.1. The summed E-state index contributed by atoms with van der Waals surface area (Å²) in [5, 5.41) is 3.96. The summed E-state index contributed by atoms with van der Waals surface area (Å²) in [4.78, 5) is 24.7. The molecule has 0 heterocycles. The highest BCUT2D eigenvalue weighted by Crippen LogP contribution is 2.29. The largest absolute Gasteiger partial charge is 0.497 e. The molecular formula is C16H25N3O4. The number of hydrazine groups is 1. The molecule has 0 bridgehead atoms. The van der Waals surface area contributed by atoms with Crippen LogP contribution in [0, 0.1) is 0 Å². The number of likely N-dealkylation sites (N-methyl/N-ethyl adjacent to an activating group) is 1. The number of benzene rings is 1. The first-order valence-electron chi connectivity index (χ1n) is 7.56. The second kappa shape index (κ2) is 9.12. The number of methoxy groups -OCH3 is 2. The van der Waals surface area contributed by atoms with Crippen LogP contribution in [0.4, 0.5) is 5.69 Å². The first-order valence-corrected chi connectivity index (χ1v) is 7.56. The molecule has 0 aromatic heterocycles. The first-order chi connectivity index (χ1) is 11.0. The number of hydrogen-bond donors (Lipinski definition) is 2. The van der Waals surface area contributed by atoms with Crippen molar-refractivity contribution in [2.45, 2.75) is 32.7 Å². The van der Waals surface area contributed by atoms with Gasteiger partial charge in [0.15, 0.2) is 0 Å². The van der Waals surface area contributed by atoms with Gasteiger partial charge in [-0.1, -0.05) is 20.3 Å². The van der Waals surface area contributed by atoms with Crippen LogP contribution in [0.25, 0.3) is 0 Å². The van der Waals surface area contributed by atoms with Crippen molar-refractivity contribution in [3.8, 4) is 11.5 Å². The van der Waals surface area contributed by atoms with E-state index in [9.17, 15) is 9.59 Å². The van der Waals surface area contributed by atoms with Crippen LogP contribution in [-0.2, 0) is 9.59 Å². The van der Waals surface area contributed by atoms with Gasteiger partial charge in [-0.25, -0.2) is 5.01 Å². The summed E-state index contributed by atoms with van der Waals surface area (Å²) in [6, 6.07) is 4.32. The number of anilines is 1. The number of nitrogens with one attached hydrogen (secondary N) is 1. The van der Waals surface area contributed by atoms with E-state index in [2.05, 4.69) is 5.32 Å². The molecule has 3 N–H and O–H groups in total. The highest BCUT2D eigenvalue weighted by molar-refractivity contribution is 6.42. The summed E-state index contributed by atoms with van der Waals surface area (Å²) in [7, 11) is 3.00. The third-order valence-corrected chi connectivity index (χ3v) is 3.51. The second-order valence-corrected chi connectivity index (χ2v) is 5.02. The Kier molecular flexibility index (Phi) is 7.50. The minimum Gasteiger partial charge on any atom is -0.497 e. The topological polar surface area (TPSA) is 93.9 Å². The van der Waals surface area contributed by atoms with Gasteiger partial charge in [-0.2, -0.15) is 0 Å². The van der Waals surface area contributed by atoms with Gasteiger partial charge in [0.25, 0.3) is 5.91 Å². The summed E-state index contributed by atoms with van der Waals surface area (Å²) in [6.07, 6.45) is 1.27.